The lowest BCUT2D eigenvalue weighted by atomic mass is 9.99. The van der Waals surface area contributed by atoms with E-state index in [0.29, 0.717) is 17.4 Å². The molecule has 218 valence electrons. The van der Waals surface area contributed by atoms with E-state index in [1.165, 1.54) is 25.5 Å². The lowest BCUT2D eigenvalue weighted by molar-refractivity contribution is 0.135. The Kier molecular flexibility index (Phi) is 11.4. The summed E-state index contributed by atoms with van der Waals surface area (Å²) in [6.45, 7) is 14.2. The zero-order valence-electron chi connectivity index (χ0n) is 24.8. The molecule has 5 nitrogen and oxygen atoms in total. The smallest absolute Gasteiger partial charge is 0.127 e. The molecule has 1 unspecified atom stereocenters. The van der Waals surface area contributed by atoms with Crippen LogP contribution in [0.1, 0.15) is 58.7 Å². The van der Waals surface area contributed by atoms with E-state index < -0.39 is 0 Å². The van der Waals surface area contributed by atoms with Gasteiger partial charge in [0.1, 0.15) is 23.1 Å². The van der Waals surface area contributed by atoms with Crippen LogP contribution in [-0.4, -0.2) is 40.7 Å². The van der Waals surface area contributed by atoms with Crippen molar-refractivity contribution in [3.8, 4) is 28.4 Å². The number of aryl methyl sites for hydroxylation is 1. The Morgan fingerprint density at radius 3 is 2.56 bits per heavy atom. The van der Waals surface area contributed by atoms with Crippen LogP contribution in [0.5, 0.6) is 11.5 Å². The number of rotatable bonds is 14. The number of ether oxygens (including phenoxy) is 2. The zero-order valence-corrected chi connectivity index (χ0v) is 24.8. The van der Waals surface area contributed by atoms with Crippen molar-refractivity contribution in [1.29, 1.82) is 0 Å². The van der Waals surface area contributed by atoms with E-state index in [2.05, 4.69) is 60.4 Å². The topological polar surface area (TPSA) is 39.5 Å². The Morgan fingerprint density at radius 1 is 1.10 bits per heavy atom. The van der Waals surface area contributed by atoms with Crippen LogP contribution in [0.15, 0.2) is 91.1 Å². The van der Waals surface area contributed by atoms with Gasteiger partial charge in [0.05, 0.1) is 18.1 Å². The fraction of sp³-hybridized carbons (Fsp3) is 0.400. The SMILES string of the molecule is C=C(/C=C\C/C(F)=C\C)Oc1ccc(-n2cc(-c3ccc(OCC4CCCN(CC)C4)cc3)nc2CCCC)cc1. The molecule has 0 N–H and O–H groups in total. The molecule has 6 heteroatoms. The lowest BCUT2D eigenvalue weighted by Gasteiger charge is -2.31. The van der Waals surface area contributed by atoms with Gasteiger partial charge in [-0.05, 0) is 93.9 Å². The number of imidazole rings is 1. The van der Waals surface area contributed by atoms with Crippen molar-refractivity contribution in [3.05, 3.63) is 96.9 Å². The highest BCUT2D eigenvalue weighted by Gasteiger charge is 2.19. The second-order valence-electron chi connectivity index (χ2n) is 10.7. The molecule has 0 aliphatic carbocycles. The molecule has 3 aromatic rings. The molecular formula is C35H44FN3O2. The molecule has 41 heavy (non-hydrogen) atoms. The molecule has 2 aromatic carbocycles. The van der Waals surface area contributed by atoms with E-state index in [9.17, 15) is 4.39 Å². The summed E-state index contributed by atoms with van der Waals surface area (Å²) in [5, 5.41) is 0. The first kappa shape index (κ1) is 30.3. The quantitative estimate of drug-likeness (QED) is 0.147. The molecule has 2 heterocycles. The molecule has 1 saturated heterocycles. The summed E-state index contributed by atoms with van der Waals surface area (Å²) in [4.78, 5) is 7.53. The van der Waals surface area contributed by atoms with E-state index in [1.54, 1.807) is 19.1 Å². The molecule has 1 aliphatic rings. The first-order valence-corrected chi connectivity index (χ1v) is 15.0. The molecule has 4 rings (SSSR count). The largest absolute Gasteiger partial charge is 0.493 e. The number of aromatic nitrogens is 2. The summed E-state index contributed by atoms with van der Waals surface area (Å²) in [5.41, 5.74) is 3.04. The van der Waals surface area contributed by atoms with Gasteiger partial charge in [0, 0.05) is 42.8 Å². The van der Waals surface area contributed by atoms with Gasteiger partial charge < -0.3 is 18.9 Å². The van der Waals surface area contributed by atoms with Gasteiger partial charge in [-0.2, -0.15) is 0 Å². The molecule has 0 radical (unpaired) electrons. The Hall–Kier alpha value is -3.64. The number of benzene rings is 2. The van der Waals surface area contributed by atoms with Crippen molar-refractivity contribution in [3.63, 3.8) is 0 Å². The third-order valence-electron chi connectivity index (χ3n) is 7.51. The van der Waals surface area contributed by atoms with Crippen LogP contribution >= 0.6 is 0 Å². The molecule has 1 aromatic heterocycles. The Bertz CT molecular complexity index is 1310. The third-order valence-corrected chi connectivity index (χ3v) is 7.51. The summed E-state index contributed by atoms with van der Waals surface area (Å²) in [7, 11) is 0. The van der Waals surface area contributed by atoms with Crippen molar-refractivity contribution in [1.82, 2.24) is 14.5 Å². The summed E-state index contributed by atoms with van der Waals surface area (Å²) in [6, 6.07) is 16.2. The van der Waals surface area contributed by atoms with Crippen LogP contribution in [0.25, 0.3) is 16.9 Å². The Balaban J connectivity index is 1.42. The number of likely N-dealkylation sites (tertiary alicyclic amines) is 1. The van der Waals surface area contributed by atoms with Crippen LogP contribution in [0.4, 0.5) is 4.39 Å². The van der Waals surface area contributed by atoms with Gasteiger partial charge in [-0.15, -0.1) is 0 Å². The first-order valence-electron chi connectivity index (χ1n) is 15.0. The number of allylic oxidation sites excluding steroid dienone is 4. The molecule has 0 bridgehead atoms. The molecular weight excluding hydrogens is 513 g/mol. The van der Waals surface area contributed by atoms with Crippen LogP contribution in [0, 0.1) is 5.92 Å². The van der Waals surface area contributed by atoms with Gasteiger partial charge in [0.15, 0.2) is 0 Å². The molecule has 0 saturated carbocycles. The molecule has 1 fully saturated rings. The highest BCUT2D eigenvalue weighted by atomic mass is 19.1. The number of hydrogen-bond acceptors (Lipinski definition) is 4. The van der Waals surface area contributed by atoms with Crippen LogP contribution in [-0.2, 0) is 6.42 Å². The fourth-order valence-corrected chi connectivity index (χ4v) is 5.08. The summed E-state index contributed by atoms with van der Waals surface area (Å²) in [5.74, 6) is 3.50. The van der Waals surface area contributed by atoms with Gasteiger partial charge >= 0.3 is 0 Å². The molecule has 1 aliphatic heterocycles. The number of halogens is 1. The van der Waals surface area contributed by atoms with Crippen molar-refractivity contribution in [2.45, 2.75) is 59.3 Å². The minimum absolute atomic E-state index is 0.181. The molecule has 0 spiro atoms. The maximum Gasteiger partial charge on any atom is 0.127 e. The Labute approximate surface area is 245 Å². The van der Waals surface area contributed by atoms with E-state index >= 15 is 0 Å². The maximum atomic E-state index is 13.3. The van der Waals surface area contributed by atoms with E-state index in [1.807, 2.05) is 24.3 Å². The number of unbranched alkanes of at least 4 members (excludes halogenated alkanes) is 1. The Morgan fingerprint density at radius 2 is 1.85 bits per heavy atom. The van der Waals surface area contributed by atoms with Gasteiger partial charge in [0.25, 0.3) is 0 Å². The predicted octanol–water partition coefficient (Wildman–Crippen LogP) is 8.70. The number of nitrogens with zero attached hydrogens (tertiary/aromatic N) is 3. The summed E-state index contributed by atoms with van der Waals surface area (Å²) < 4.78 is 27.4. The van der Waals surface area contributed by atoms with Crippen LogP contribution in [0.2, 0.25) is 0 Å². The van der Waals surface area contributed by atoms with E-state index in [4.69, 9.17) is 14.5 Å². The van der Waals surface area contributed by atoms with Gasteiger partial charge in [-0.25, -0.2) is 9.37 Å². The van der Waals surface area contributed by atoms with Crippen molar-refractivity contribution in [2.75, 3.05) is 26.2 Å². The number of hydrogen-bond donors (Lipinski definition) is 0. The third kappa shape index (κ3) is 8.92. The predicted molar refractivity (Wildman–Crippen MR) is 166 cm³/mol. The zero-order chi connectivity index (χ0) is 29.0. The average molecular weight is 558 g/mol. The minimum Gasteiger partial charge on any atom is -0.493 e. The van der Waals surface area contributed by atoms with Gasteiger partial charge in [-0.3, -0.25) is 0 Å². The average Bonchev–Trinajstić information content (AvgIpc) is 3.43. The van der Waals surface area contributed by atoms with E-state index in [-0.39, 0.29) is 12.2 Å². The second-order valence-corrected chi connectivity index (χ2v) is 10.7. The normalized spacial score (nSPS) is 16.3. The minimum atomic E-state index is -0.181. The monoisotopic (exact) mass is 557 g/mol. The molecule has 0 amide bonds. The molecule has 1 atom stereocenters. The maximum absolute atomic E-state index is 13.3. The summed E-state index contributed by atoms with van der Waals surface area (Å²) in [6.07, 6.45) is 12.7. The highest BCUT2D eigenvalue weighted by Crippen LogP contribution is 2.27. The fourth-order valence-electron chi connectivity index (χ4n) is 5.08. The lowest BCUT2D eigenvalue weighted by Crippen LogP contribution is -2.37. The van der Waals surface area contributed by atoms with Crippen LogP contribution in [0.3, 0.4) is 0 Å². The van der Waals surface area contributed by atoms with Gasteiger partial charge in [-0.1, -0.05) is 39.0 Å². The first-order chi connectivity index (χ1) is 20.0. The summed E-state index contributed by atoms with van der Waals surface area (Å²) >= 11 is 0. The van der Waals surface area contributed by atoms with E-state index in [0.717, 1.165) is 67.5 Å². The second kappa shape index (κ2) is 15.4. The van der Waals surface area contributed by atoms with Crippen LogP contribution < -0.4 is 9.47 Å². The van der Waals surface area contributed by atoms with Gasteiger partial charge in [0.2, 0.25) is 0 Å². The highest BCUT2D eigenvalue weighted by molar-refractivity contribution is 5.61. The number of piperidine rings is 1. The van der Waals surface area contributed by atoms with Crippen molar-refractivity contribution in [2.24, 2.45) is 5.92 Å². The van der Waals surface area contributed by atoms with Crippen molar-refractivity contribution >= 4 is 0 Å². The standard InChI is InChI=1S/C35H44FN3O2/c1-5-8-14-35-37-34(29-15-19-32(20-16-29)40-26-28-12-10-23-38(7-3)24-28)25-39(35)31-17-21-33(22-18-31)41-27(4)11-9-13-30(36)6-2/h6,9,11,15-22,25,28H,4-5,7-8,10,12-14,23-24,26H2,1-3H3/b11-9-,30-6+. The van der Waals surface area contributed by atoms with Crippen molar-refractivity contribution < 1.29 is 13.9 Å².